The van der Waals surface area contributed by atoms with Crippen LogP contribution in [0.1, 0.15) is 6.42 Å². The minimum atomic E-state index is 0.00859. The number of amides is 1. The number of halogens is 1. The van der Waals surface area contributed by atoms with E-state index in [1.165, 1.54) is 3.57 Å². The van der Waals surface area contributed by atoms with Crippen molar-refractivity contribution in [1.29, 1.82) is 0 Å². The Morgan fingerprint density at radius 2 is 2.07 bits per heavy atom. The highest BCUT2D eigenvalue weighted by molar-refractivity contribution is 14.1. The monoisotopic (exact) mass is 302 g/mol. The van der Waals surface area contributed by atoms with Gasteiger partial charge in [-0.05, 0) is 59.8 Å². The molecule has 74 valence electrons. The Morgan fingerprint density at radius 3 is 2.57 bits per heavy atom. The molecular formula is C10H11IN2O. The van der Waals surface area contributed by atoms with E-state index in [0.717, 1.165) is 18.7 Å². The Hall–Kier alpha value is -0.620. The molecule has 0 aromatic heterocycles. The van der Waals surface area contributed by atoms with E-state index in [1.54, 1.807) is 0 Å². The minimum absolute atomic E-state index is 0.00859. The molecule has 2 rings (SSSR count). The third-order valence-electron chi connectivity index (χ3n) is 2.25. The van der Waals surface area contributed by atoms with Gasteiger partial charge in [-0.1, -0.05) is 0 Å². The highest BCUT2D eigenvalue weighted by Gasteiger charge is 2.24. The van der Waals surface area contributed by atoms with E-state index in [1.807, 2.05) is 24.3 Å². The molecule has 1 aromatic carbocycles. The van der Waals surface area contributed by atoms with Gasteiger partial charge in [0, 0.05) is 9.26 Å². The number of rotatable bonds is 2. The van der Waals surface area contributed by atoms with Crippen molar-refractivity contribution in [3.05, 3.63) is 27.8 Å². The standard InChI is InChI=1S/C10H11IN2O/c11-7-1-3-8(4-2-7)13-10(14)9-5-6-12-9/h1-4,9,12H,5-6H2,(H,13,14). The summed E-state index contributed by atoms with van der Waals surface area (Å²) in [7, 11) is 0. The lowest BCUT2D eigenvalue weighted by molar-refractivity contribution is -0.119. The maximum atomic E-state index is 11.5. The van der Waals surface area contributed by atoms with E-state index in [-0.39, 0.29) is 11.9 Å². The first kappa shape index (κ1) is 9.92. The highest BCUT2D eigenvalue weighted by Crippen LogP contribution is 2.12. The van der Waals surface area contributed by atoms with Gasteiger partial charge in [-0.25, -0.2) is 0 Å². The molecule has 1 heterocycles. The molecule has 1 amide bonds. The second kappa shape index (κ2) is 4.27. The lowest BCUT2D eigenvalue weighted by atomic mass is 10.1. The van der Waals surface area contributed by atoms with E-state index < -0.39 is 0 Å². The Balaban J connectivity index is 1.96. The van der Waals surface area contributed by atoms with Crippen LogP contribution in [0.5, 0.6) is 0 Å². The fourth-order valence-corrected chi connectivity index (χ4v) is 1.63. The molecule has 4 heteroatoms. The molecule has 0 radical (unpaired) electrons. The Kier molecular flexibility index (Phi) is 3.02. The molecule has 0 aliphatic carbocycles. The van der Waals surface area contributed by atoms with Crippen LogP contribution in [0.3, 0.4) is 0 Å². The van der Waals surface area contributed by atoms with Gasteiger partial charge in [-0.15, -0.1) is 0 Å². The fourth-order valence-electron chi connectivity index (χ4n) is 1.28. The number of hydrogen-bond donors (Lipinski definition) is 2. The van der Waals surface area contributed by atoms with E-state index >= 15 is 0 Å². The number of hydrogen-bond acceptors (Lipinski definition) is 2. The summed E-state index contributed by atoms with van der Waals surface area (Å²) in [6, 6.07) is 7.79. The third kappa shape index (κ3) is 2.24. The predicted molar refractivity (Wildman–Crippen MR) is 64.2 cm³/mol. The zero-order valence-electron chi connectivity index (χ0n) is 7.59. The van der Waals surface area contributed by atoms with Crippen LogP contribution in [0.25, 0.3) is 0 Å². The summed E-state index contributed by atoms with van der Waals surface area (Å²) in [5, 5.41) is 5.93. The number of carbonyl (C=O) groups is 1. The molecule has 1 aliphatic heterocycles. The second-order valence-corrected chi connectivity index (χ2v) is 4.54. The third-order valence-corrected chi connectivity index (χ3v) is 2.97. The molecular weight excluding hydrogens is 291 g/mol. The van der Waals surface area contributed by atoms with Crippen molar-refractivity contribution in [3.8, 4) is 0 Å². The fraction of sp³-hybridized carbons (Fsp3) is 0.300. The van der Waals surface area contributed by atoms with Gasteiger partial charge in [0.25, 0.3) is 0 Å². The Labute approximate surface area is 96.4 Å². The minimum Gasteiger partial charge on any atom is -0.325 e. The first-order chi connectivity index (χ1) is 6.75. The van der Waals surface area contributed by atoms with Gasteiger partial charge in [0.1, 0.15) is 0 Å². The number of anilines is 1. The maximum absolute atomic E-state index is 11.5. The molecule has 2 N–H and O–H groups in total. The van der Waals surface area contributed by atoms with Gasteiger partial charge in [0.05, 0.1) is 6.04 Å². The first-order valence-corrected chi connectivity index (χ1v) is 5.63. The summed E-state index contributed by atoms with van der Waals surface area (Å²) in [6.45, 7) is 0.949. The SMILES string of the molecule is O=C(Nc1ccc(I)cc1)C1CCN1. The number of carbonyl (C=O) groups excluding carboxylic acids is 1. The van der Waals surface area contributed by atoms with Gasteiger partial charge >= 0.3 is 0 Å². The smallest absolute Gasteiger partial charge is 0.241 e. The molecule has 3 nitrogen and oxygen atoms in total. The average Bonchev–Trinajstić information content (AvgIpc) is 2.06. The van der Waals surface area contributed by atoms with Crippen molar-refractivity contribution in [2.45, 2.75) is 12.5 Å². The molecule has 0 saturated carbocycles. The van der Waals surface area contributed by atoms with Crippen molar-refractivity contribution in [3.63, 3.8) is 0 Å². The van der Waals surface area contributed by atoms with Gasteiger partial charge in [0.2, 0.25) is 5.91 Å². The lowest BCUT2D eigenvalue weighted by Gasteiger charge is -2.26. The number of nitrogens with one attached hydrogen (secondary N) is 2. The quantitative estimate of drug-likeness (QED) is 0.815. The second-order valence-electron chi connectivity index (χ2n) is 3.29. The van der Waals surface area contributed by atoms with Crippen LogP contribution >= 0.6 is 22.6 Å². The van der Waals surface area contributed by atoms with Crippen molar-refractivity contribution < 1.29 is 4.79 Å². The van der Waals surface area contributed by atoms with Gasteiger partial charge in [0.15, 0.2) is 0 Å². The Morgan fingerprint density at radius 1 is 1.43 bits per heavy atom. The normalized spacial score (nSPS) is 19.9. The predicted octanol–water partition coefficient (Wildman–Crippen LogP) is 1.59. The van der Waals surface area contributed by atoms with E-state index in [0.29, 0.717) is 0 Å². The zero-order valence-corrected chi connectivity index (χ0v) is 9.74. The summed E-state index contributed by atoms with van der Waals surface area (Å²) in [5.74, 6) is 0.0671. The van der Waals surface area contributed by atoms with Crippen molar-refractivity contribution in [2.24, 2.45) is 0 Å². The summed E-state index contributed by atoms with van der Waals surface area (Å²) >= 11 is 2.24. The Bertz CT molecular complexity index is 332. The largest absolute Gasteiger partial charge is 0.325 e. The van der Waals surface area contributed by atoms with Crippen LogP contribution < -0.4 is 10.6 Å². The van der Waals surface area contributed by atoms with Gasteiger partial charge in [-0.2, -0.15) is 0 Å². The van der Waals surface area contributed by atoms with Crippen LogP contribution in [0.15, 0.2) is 24.3 Å². The number of benzene rings is 1. The van der Waals surface area contributed by atoms with Gasteiger partial charge in [-0.3, -0.25) is 4.79 Å². The molecule has 0 spiro atoms. The first-order valence-electron chi connectivity index (χ1n) is 4.55. The van der Waals surface area contributed by atoms with Crippen LogP contribution in [0.4, 0.5) is 5.69 Å². The molecule has 14 heavy (non-hydrogen) atoms. The molecule has 1 atom stereocenters. The summed E-state index contributed by atoms with van der Waals surface area (Å²) in [6.07, 6.45) is 0.941. The van der Waals surface area contributed by atoms with Crippen LogP contribution in [-0.2, 0) is 4.79 Å². The highest BCUT2D eigenvalue weighted by atomic mass is 127. The molecule has 1 unspecified atom stereocenters. The van der Waals surface area contributed by atoms with Crippen LogP contribution in [0.2, 0.25) is 0 Å². The molecule has 1 saturated heterocycles. The molecule has 1 aromatic rings. The van der Waals surface area contributed by atoms with E-state index in [4.69, 9.17) is 0 Å². The van der Waals surface area contributed by atoms with Crippen molar-refractivity contribution in [1.82, 2.24) is 5.32 Å². The molecule has 0 bridgehead atoms. The maximum Gasteiger partial charge on any atom is 0.241 e. The van der Waals surface area contributed by atoms with Crippen LogP contribution in [0, 0.1) is 3.57 Å². The van der Waals surface area contributed by atoms with E-state index in [9.17, 15) is 4.79 Å². The molecule has 1 fully saturated rings. The van der Waals surface area contributed by atoms with Crippen LogP contribution in [-0.4, -0.2) is 18.5 Å². The van der Waals surface area contributed by atoms with Crippen molar-refractivity contribution >= 4 is 34.2 Å². The van der Waals surface area contributed by atoms with Gasteiger partial charge < -0.3 is 10.6 Å². The summed E-state index contributed by atoms with van der Waals surface area (Å²) < 4.78 is 1.17. The zero-order chi connectivity index (χ0) is 9.97. The topological polar surface area (TPSA) is 41.1 Å². The molecule has 1 aliphatic rings. The van der Waals surface area contributed by atoms with Crippen molar-refractivity contribution in [2.75, 3.05) is 11.9 Å². The summed E-state index contributed by atoms with van der Waals surface area (Å²) in [4.78, 5) is 11.5. The average molecular weight is 302 g/mol. The van der Waals surface area contributed by atoms with E-state index in [2.05, 4.69) is 33.2 Å². The lowest BCUT2D eigenvalue weighted by Crippen LogP contribution is -2.50. The summed E-state index contributed by atoms with van der Waals surface area (Å²) in [5.41, 5.74) is 0.865.